The van der Waals surface area contributed by atoms with Crippen molar-refractivity contribution in [3.8, 4) is 0 Å². The molecule has 7 nitrogen and oxygen atoms in total. The zero-order valence-electron chi connectivity index (χ0n) is 21.7. The minimum atomic E-state index is -0.567. The van der Waals surface area contributed by atoms with Gasteiger partial charge in [-0.2, -0.15) is 0 Å². The summed E-state index contributed by atoms with van der Waals surface area (Å²) in [5.41, 5.74) is 5.66. The molecule has 7 rings (SSSR count). The van der Waals surface area contributed by atoms with Crippen LogP contribution in [0.15, 0.2) is 42.5 Å². The number of β-amino-alcohol motifs (C(OH)–C–C–N with tert-alkyl or cyclic N) is 1. The number of aliphatic hydroxyl groups excluding tert-OH is 1. The monoisotopic (exact) mass is 502 g/mol. The molecule has 0 aromatic heterocycles. The smallest absolute Gasteiger partial charge is 0.254 e. The Kier molecular flexibility index (Phi) is 6.67. The maximum absolute atomic E-state index is 13.8. The number of aliphatic hydroxyl groups is 1. The van der Waals surface area contributed by atoms with E-state index in [1.165, 1.54) is 11.1 Å². The van der Waals surface area contributed by atoms with Gasteiger partial charge in [0.1, 0.15) is 0 Å². The number of benzene rings is 2. The van der Waals surface area contributed by atoms with Crippen LogP contribution in [0, 0.1) is 0 Å². The molecule has 5 aliphatic rings. The number of fused-ring (bicyclic) bond motifs is 2. The second kappa shape index (κ2) is 10.1. The number of carbonyl (C=O) groups is 2. The molecule has 2 fully saturated rings. The van der Waals surface area contributed by atoms with Gasteiger partial charge in [0, 0.05) is 69.5 Å². The van der Waals surface area contributed by atoms with Crippen LogP contribution in [0.5, 0.6) is 0 Å². The summed E-state index contributed by atoms with van der Waals surface area (Å²) in [5, 5.41) is 14.7. The fourth-order valence-electron chi connectivity index (χ4n) is 6.70. The molecular formula is C30H38N4O3. The van der Waals surface area contributed by atoms with E-state index in [1.54, 1.807) is 6.92 Å². The second-order valence-electron chi connectivity index (χ2n) is 11.4. The lowest BCUT2D eigenvalue weighted by Crippen LogP contribution is -2.49. The van der Waals surface area contributed by atoms with E-state index in [0.717, 1.165) is 75.1 Å². The highest BCUT2D eigenvalue weighted by atomic mass is 16.3. The number of nitrogens with zero attached hydrogens (tertiary/aromatic N) is 3. The number of carbonyl (C=O) groups excluding carboxylic acids is 2. The molecule has 196 valence electrons. The van der Waals surface area contributed by atoms with Crippen LogP contribution in [0.2, 0.25) is 0 Å². The van der Waals surface area contributed by atoms with Gasteiger partial charge in [-0.1, -0.05) is 30.3 Å². The molecule has 1 saturated carbocycles. The summed E-state index contributed by atoms with van der Waals surface area (Å²) >= 11 is 0. The number of amides is 2. The van der Waals surface area contributed by atoms with E-state index < -0.39 is 6.10 Å². The first-order valence-electron chi connectivity index (χ1n) is 13.9. The fraction of sp³-hybridized carbons (Fsp3) is 0.533. The number of rotatable bonds is 6. The SMILES string of the molecule is CC(=O)N1CCC(Nc2ccc3c(c2)C(=O)N(CC(O)CN2CCc4ccccc4C2)C2CC3C2)CC1. The molecule has 2 bridgehead atoms. The van der Waals surface area contributed by atoms with Gasteiger partial charge in [0.25, 0.3) is 5.91 Å². The van der Waals surface area contributed by atoms with Crippen molar-refractivity contribution in [2.24, 2.45) is 0 Å². The van der Waals surface area contributed by atoms with Gasteiger partial charge in [0.2, 0.25) is 5.91 Å². The maximum Gasteiger partial charge on any atom is 0.254 e. The molecule has 4 heterocycles. The van der Waals surface area contributed by atoms with Crippen molar-refractivity contribution in [3.63, 3.8) is 0 Å². The standard InChI is InChI=1S/C30H38N4O3/c1-20(35)33-12-9-24(10-13-33)31-25-6-7-28-23-14-26(15-23)34(30(37)29(28)16-25)19-27(36)18-32-11-8-21-4-2-3-5-22(21)17-32/h2-7,16,23-24,26-27,31,36H,8-15,17-19H2,1H3. The Morgan fingerprint density at radius 3 is 2.57 bits per heavy atom. The van der Waals surface area contributed by atoms with Crippen LogP contribution in [-0.2, 0) is 17.8 Å². The Hall–Kier alpha value is -2.90. The number of nitrogens with one attached hydrogen (secondary N) is 1. The van der Waals surface area contributed by atoms with Gasteiger partial charge in [-0.3, -0.25) is 14.5 Å². The van der Waals surface area contributed by atoms with E-state index in [0.29, 0.717) is 25.0 Å². The fourth-order valence-corrected chi connectivity index (χ4v) is 6.70. The lowest BCUT2D eigenvalue weighted by atomic mass is 9.75. The summed E-state index contributed by atoms with van der Waals surface area (Å²) in [4.78, 5) is 31.6. The summed E-state index contributed by atoms with van der Waals surface area (Å²) in [7, 11) is 0. The van der Waals surface area contributed by atoms with Crippen molar-refractivity contribution in [1.82, 2.24) is 14.7 Å². The molecule has 1 atom stereocenters. The second-order valence-corrected chi connectivity index (χ2v) is 11.4. The average Bonchev–Trinajstić information content (AvgIpc) is 3.05. The Balaban J connectivity index is 1.11. The summed E-state index contributed by atoms with van der Waals surface area (Å²) in [6.07, 6.45) is 4.23. The first-order chi connectivity index (χ1) is 17.9. The normalized spacial score (nSPS) is 24.5. The van der Waals surface area contributed by atoms with Crippen molar-refractivity contribution in [1.29, 1.82) is 0 Å². The lowest BCUT2D eigenvalue weighted by molar-refractivity contribution is -0.129. The molecule has 7 heteroatoms. The molecule has 2 aromatic rings. The van der Waals surface area contributed by atoms with E-state index in [2.05, 4.69) is 46.6 Å². The zero-order chi connectivity index (χ0) is 25.5. The number of hydrogen-bond donors (Lipinski definition) is 2. The number of anilines is 1. The number of likely N-dealkylation sites (tertiary alicyclic amines) is 1. The van der Waals surface area contributed by atoms with Gasteiger partial charge in [-0.05, 0) is 66.8 Å². The van der Waals surface area contributed by atoms with Crippen molar-refractivity contribution >= 4 is 17.5 Å². The van der Waals surface area contributed by atoms with E-state index in [1.807, 2.05) is 15.9 Å². The summed E-state index contributed by atoms with van der Waals surface area (Å²) in [5.74, 6) is 0.621. The third-order valence-corrected chi connectivity index (χ3v) is 8.94. The Labute approximate surface area is 219 Å². The highest BCUT2D eigenvalue weighted by Gasteiger charge is 2.43. The lowest BCUT2D eigenvalue weighted by Gasteiger charge is -2.41. The Bertz CT molecular complexity index is 1170. The zero-order valence-corrected chi connectivity index (χ0v) is 21.7. The van der Waals surface area contributed by atoms with Crippen LogP contribution in [0.4, 0.5) is 5.69 Å². The average molecular weight is 503 g/mol. The van der Waals surface area contributed by atoms with Gasteiger partial charge in [-0.15, -0.1) is 0 Å². The van der Waals surface area contributed by atoms with E-state index in [-0.39, 0.29) is 17.9 Å². The number of piperidine rings is 1. The molecule has 2 amide bonds. The predicted octanol–water partition coefficient (Wildman–Crippen LogP) is 3.23. The predicted molar refractivity (Wildman–Crippen MR) is 144 cm³/mol. The molecule has 2 N–H and O–H groups in total. The minimum Gasteiger partial charge on any atom is -0.390 e. The third-order valence-electron chi connectivity index (χ3n) is 8.94. The quantitative estimate of drug-likeness (QED) is 0.635. The highest BCUT2D eigenvalue weighted by molar-refractivity contribution is 5.98. The molecule has 1 aliphatic carbocycles. The topological polar surface area (TPSA) is 76.1 Å². The summed E-state index contributed by atoms with van der Waals surface area (Å²) in [6, 6.07) is 15.3. The van der Waals surface area contributed by atoms with Crippen LogP contribution < -0.4 is 5.32 Å². The summed E-state index contributed by atoms with van der Waals surface area (Å²) in [6.45, 7) is 5.94. The molecule has 0 radical (unpaired) electrons. The molecule has 1 saturated heterocycles. The first-order valence-corrected chi connectivity index (χ1v) is 13.9. The van der Waals surface area contributed by atoms with Crippen LogP contribution in [-0.4, -0.2) is 82.5 Å². The molecule has 2 aromatic carbocycles. The minimum absolute atomic E-state index is 0.0538. The number of hydrogen-bond acceptors (Lipinski definition) is 5. The van der Waals surface area contributed by atoms with Crippen LogP contribution in [0.3, 0.4) is 0 Å². The van der Waals surface area contributed by atoms with Gasteiger partial charge in [0.15, 0.2) is 0 Å². The Morgan fingerprint density at radius 2 is 1.81 bits per heavy atom. The molecule has 4 aliphatic heterocycles. The molecule has 0 spiro atoms. The van der Waals surface area contributed by atoms with E-state index in [4.69, 9.17) is 0 Å². The third kappa shape index (κ3) is 4.99. The largest absolute Gasteiger partial charge is 0.390 e. The van der Waals surface area contributed by atoms with E-state index >= 15 is 0 Å². The van der Waals surface area contributed by atoms with E-state index in [9.17, 15) is 14.7 Å². The molecule has 1 unspecified atom stereocenters. The van der Waals surface area contributed by atoms with Crippen molar-refractivity contribution in [2.45, 2.75) is 69.7 Å². The van der Waals surface area contributed by atoms with Crippen LogP contribution in [0.25, 0.3) is 0 Å². The maximum atomic E-state index is 13.8. The van der Waals surface area contributed by atoms with Crippen molar-refractivity contribution in [3.05, 3.63) is 64.7 Å². The van der Waals surface area contributed by atoms with Gasteiger partial charge < -0.3 is 20.2 Å². The van der Waals surface area contributed by atoms with Crippen molar-refractivity contribution in [2.75, 3.05) is 38.0 Å². The van der Waals surface area contributed by atoms with Crippen LogP contribution >= 0.6 is 0 Å². The summed E-state index contributed by atoms with van der Waals surface area (Å²) < 4.78 is 0. The Morgan fingerprint density at radius 1 is 1.05 bits per heavy atom. The van der Waals surface area contributed by atoms with Gasteiger partial charge in [-0.25, -0.2) is 0 Å². The van der Waals surface area contributed by atoms with Gasteiger partial charge >= 0.3 is 0 Å². The van der Waals surface area contributed by atoms with Crippen LogP contribution in [0.1, 0.15) is 65.6 Å². The molecular weight excluding hydrogens is 464 g/mol. The van der Waals surface area contributed by atoms with Gasteiger partial charge in [0.05, 0.1) is 6.10 Å². The first kappa shape index (κ1) is 24.4. The highest BCUT2D eigenvalue weighted by Crippen LogP contribution is 2.45. The van der Waals surface area contributed by atoms with Crippen molar-refractivity contribution < 1.29 is 14.7 Å². The molecule has 37 heavy (non-hydrogen) atoms.